The Morgan fingerprint density at radius 1 is 1.27 bits per heavy atom. The van der Waals surface area contributed by atoms with Crippen LogP contribution in [0.15, 0.2) is 28.7 Å². The van der Waals surface area contributed by atoms with E-state index < -0.39 is 12.7 Å². The maximum absolute atomic E-state index is 12.3. The molecule has 0 saturated heterocycles. The first-order valence-corrected chi connectivity index (χ1v) is 7.16. The number of nitrogens with one attached hydrogen (secondary N) is 1. The maximum atomic E-state index is 12.3. The minimum Gasteiger partial charge on any atom is -0.466 e. The monoisotopic (exact) mass is 299 g/mol. The smallest absolute Gasteiger partial charge is 0.466 e. The van der Waals surface area contributed by atoms with Gasteiger partial charge in [0.25, 0.3) is 5.91 Å². The molecule has 0 atom stereocenters. The van der Waals surface area contributed by atoms with E-state index in [9.17, 15) is 9.82 Å². The van der Waals surface area contributed by atoms with Crippen molar-refractivity contribution in [3.05, 3.63) is 46.9 Å². The largest absolute Gasteiger partial charge is 0.492 e. The van der Waals surface area contributed by atoms with Gasteiger partial charge < -0.3 is 19.4 Å². The number of carbonyl (C=O) groups is 1. The summed E-state index contributed by atoms with van der Waals surface area (Å²) in [5.41, 5.74) is 2.20. The summed E-state index contributed by atoms with van der Waals surface area (Å²) in [4.78, 5) is 12.3. The van der Waals surface area contributed by atoms with Crippen molar-refractivity contribution in [1.29, 1.82) is 0 Å². The van der Waals surface area contributed by atoms with E-state index in [4.69, 9.17) is 9.07 Å². The minimum atomic E-state index is -0.972. The van der Waals surface area contributed by atoms with E-state index >= 15 is 0 Å². The fourth-order valence-corrected chi connectivity index (χ4v) is 2.85. The lowest BCUT2D eigenvalue weighted by Gasteiger charge is -2.19. The second-order valence-corrected chi connectivity index (χ2v) is 6.06. The van der Waals surface area contributed by atoms with Crippen LogP contribution < -0.4 is 10.8 Å². The average Bonchev–Trinajstić information content (AvgIpc) is 2.87. The Kier molecular flexibility index (Phi) is 3.38. The summed E-state index contributed by atoms with van der Waals surface area (Å²) in [5.74, 6) is 1.05. The van der Waals surface area contributed by atoms with Crippen molar-refractivity contribution in [3.8, 4) is 0 Å². The van der Waals surface area contributed by atoms with E-state index in [1.807, 2.05) is 26.0 Å². The molecule has 114 valence electrons. The van der Waals surface area contributed by atoms with E-state index in [1.165, 1.54) is 0 Å². The molecule has 0 fully saturated rings. The summed E-state index contributed by atoms with van der Waals surface area (Å²) in [6, 6.07) is 7.13. The number of amides is 1. The van der Waals surface area contributed by atoms with Crippen molar-refractivity contribution in [2.24, 2.45) is 0 Å². The van der Waals surface area contributed by atoms with Gasteiger partial charge in [-0.2, -0.15) is 0 Å². The first-order chi connectivity index (χ1) is 10.3. The number of carbonyl (C=O) groups excluding carboxylic acids is 1. The third kappa shape index (κ3) is 2.44. The summed E-state index contributed by atoms with van der Waals surface area (Å²) in [6.07, 6.45) is 0. The summed E-state index contributed by atoms with van der Waals surface area (Å²) in [7, 11) is -0.972. The molecule has 1 aliphatic rings. The molecule has 22 heavy (non-hydrogen) atoms. The van der Waals surface area contributed by atoms with Gasteiger partial charge >= 0.3 is 7.12 Å². The molecule has 5 nitrogen and oxygen atoms in total. The SMILES string of the molecule is Cc1cc(C(=O)Nc2ccc3c(c2)B(O)OC3(C)C)c(C)o1. The number of furan rings is 1. The van der Waals surface area contributed by atoms with Crippen LogP contribution in [0, 0.1) is 13.8 Å². The lowest BCUT2D eigenvalue weighted by atomic mass is 9.78. The van der Waals surface area contributed by atoms with Gasteiger partial charge in [-0.05, 0) is 56.9 Å². The fourth-order valence-electron chi connectivity index (χ4n) is 2.85. The van der Waals surface area contributed by atoms with Crippen LogP contribution in [0.25, 0.3) is 0 Å². The molecule has 0 unspecified atom stereocenters. The Bertz CT molecular complexity index is 751. The van der Waals surface area contributed by atoms with E-state index in [0.717, 1.165) is 5.56 Å². The zero-order chi connectivity index (χ0) is 16.1. The topological polar surface area (TPSA) is 71.7 Å². The van der Waals surface area contributed by atoms with Crippen molar-refractivity contribution >= 4 is 24.2 Å². The summed E-state index contributed by atoms with van der Waals surface area (Å²) >= 11 is 0. The highest BCUT2D eigenvalue weighted by Gasteiger charge is 2.40. The van der Waals surface area contributed by atoms with Gasteiger partial charge in [-0.1, -0.05) is 6.07 Å². The van der Waals surface area contributed by atoms with Gasteiger partial charge in [-0.25, -0.2) is 0 Å². The Balaban J connectivity index is 1.87. The molecule has 0 radical (unpaired) electrons. The lowest BCUT2D eigenvalue weighted by molar-refractivity contribution is 0.100. The number of rotatable bonds is 2. The summed E-state index contributed by atoms with van der Waals surface area (Å²) in [6.45, 7) is 7.36. The van der Waals surface area contributed by atoms with Crippen molar-refractivity contribution in [2.45, 2.75) is 33.3 Å². The standard InChI is InChI=1S/C16H18BNO4/c1-9-7-12(10(2)21-9)15(19)18-11-5-6-13-14(8-11)17(20)22-16(13,3)4/h5-8,20H,1-4H3,(H,18,19). The van der Waals surface area contributed by atoms with Gasteiger partial charge in [0.1, 0.15) is 11.5 Å². The van der Waals surface area contributed by atoms with Crippen molar-refractivity contribution in [2.75, 3.05) is 5.32 Å². The van der Waals surface area contributed by atoms with Gasteiger partial charge in [-0.15, -0.1) is 0 Å². The Morgan fingerprint density at radius 3 is 2.64 bits per heavy atom. The predicted molar refractivity (Wildman–Crippen MR) is 84.3 cm³/mol. The van der Waals surface area contributed by atoms with Gasteiger partial charge in [-0.3, -0.25) is 4.79 Å². The van der Waals surface area contributed by atoms with Gasteiger partial charge in [0, 0.05) is 5.69 Å². The molecule has 1 aromatic carbocycles. The molecule has 6 heteroatoms. The van der Waals surface area contributed by atoms with Crippen molar-refractivity contribution in [3.63, 3.8) is 0 Å². The molecule has 2 aromatic rings. The highest BCUT2D eigenvalue weighted by atomic mass is 16.5. The zero-order valence-corrected chi connectivity index (χ0v) is 13.1. The number of hydrogen-bond donors (Lipinski definition) is 2. The van der Waals surface area contributed by atoms with Crippen LogP contribution in [0.2, 0.25) is 0 Å². The highest BCUT2D eigenvalue weighted by molar-refractivity contribution is 6.62. The number of benzene rings is 1. The molecule has 1 aliphatic heterocycles. The zero-order valence-electron chi connectivity index (χ0n) is 13.1. The second-order valence-electron chi connectivity index (χ2n) is 6.06. The van der Waals surface area contributed by atoms with Gasteiger partial charge in [0.15, 0.2) is 0 Å². The fraction of sp³-hybridized carbons (Fsp3) is 0.312. The van der Waals surface area contributed by atoms with Crippen LogP contribution in [0.1, 0.15) is 41.3 Å². The van der Waals surface area contributed by atoms with Gasteiger partial charge in [0.2, 0.25) is 0 Å². The summed E-state index contributed by atoms with van der Waals surface area (Å²) in [5, 5.41) is 12.8. The van der Waals surface area contributed by atoms with Crippen LogP contribution in [0.4, 0.5) is 5.69 Å². The number of aryl methyl sites for hydroxylation is 2. The normalized spacial score (nSPS) is 15.8. The third-order valence-electron chi connectivity index (χ3n) is 3.92. The van der Waals surface area contributed by atoms with E-state index in [-0.39, 0.29) is 5.91 Å². The van der Waals surface area contributed by atoms with Crippen LogP contribution in [-0.2, 0) is 10.3 Å². The maximum Gasteiger partial charge on any atom is 0.492 e. The quantitative estimate of drug-likeness (QED) is 0.833. The minimum absolute atomic E-state index is 0.234. The number of anilines is 1. The number of hydrogen-bond acceptors (Lipinski definition) is 4. The van der Waals surface area contributed by atoms with Crippen molar-refractivity contribution < 1.29 is 18.9 Å². The average molecular weight is 299 g/mol. The first kappa shape index (κ1) is 14.9. The van der Waals surface area contributed by atoms with Crippen LogP contribution in [0.5, 0.6) is 0 Å². The first-order valence-electron chi connectivity index (χ1n) is 7.16. The summed E-state index contributed by atoms with van der Waals surface area (Å²) < 4.78 is 10.9. The third-order valence-corrected chi connectivity index (χ3v) is 3.92. The molecule has 0 aliphatic carbocycles. The second kappa shape index (κ2) is 5.00. The van der Waals surface area contributed by atoms with E-state index in [0.29, 0.717) is 28.2 Å². The number of fused-ring (bicyclic) bond motifs is 1. The molecule has 1 amide bonds. The molecular weight excluding hydrogens is 281 g/mol. The molecule has 2 heterocycles. The lowest BCUT2D eigenvalue weighted by Crippen LogP contribution is -2.29. The molecular formula is C16H18BNO4. The predicted octanol–water partition coefficient (Wildman–Crippen LogP) is 2.10. The molecule has 2 N–H and O–H groups in total. The molecule has 1 aromatic heterocycles. The molecule has 0 saturated carbocycles. The molecule has 0 spiro atoms. The highest BCUT2D eigenvalue weighted by Crippen LogP contribution is 2.30. The van der Waals surface area contributed by atoms with Crippen LogP contribution in [0.3, 0.4) is 0 Å². The van der Waals surface area contributed by atoms with Crippen molar-refractivity contribution in [1.82, 2.24) is 0 Å². The van der Waals surface area contributed by atoms with E-state index in [2.05, 4.69) is 5.32 Å². The Labute approximate surface area is 129 Å². The Morgan fingerprint density at radius 2 is 2.00 bits per heavy atom. The molecule has 0 bridgehead atoms. The van der Waals surface area contributed by atoms with E-state index in [1.54, 1.807) is 26.0 Å². The van der Waals surface area contributed by atoms with Crippen LogP contribution in [-0.4, -0.2) is 18.0 Å². The van der Waals surface area contributed by atoms with Crippen LogP contribution >= 0.6 is 0 Å². The molecule has 3 rings (SSSR count). The Hall–Kier alpha value is -2.05. The van der Waals surface area contributed by atoms with Gasteiger partial charge in [0.05, 0.1) is 11.2 Å².